The van der Waals surface area contributed by atoms with Crippen LogP contribution < -0.4 is 5.32 Å². The highest BCUT2D eigenvalue weighted by Gasteiger charge is 2.15. The van der Waals surface area contributed by atoms with Crippen molar-refractivity contribution in [3.05, 3.63) is 88.1 Å². The lowest BCUT2D eigenvalue weighted by Crippen LogP contribution is -2.43. The molecule has 4 aromatic rings. The summed E-state index contributed by atoms with van der Waals surface area (Å²) >= 11 is 5.99. The maximum absolute atomic E-state index is 12.9. The average molecular weight is 500 g/mol. The zero-order valence-corrected chi connectivity index (χ0v) is 21.0. The van der Waals surface area contributed by atoms with Gasteiger partial charge in [-0.05, 0) is 61.4 Å². The van der Waals surface area contributed by atoms with E-state index in [2.05, 4.69) is 62.1 Å². The van der Waals surface area contributed by atoms with Crippen molar-refractivity contribution in [3.8, 4) is 11.8 Å². The zero-order valence-electron chi connectivity index (χ0n) is 20.2. The van der Waals surface area contributed by atoms with Crippen LogP contribution in [-0.4, -0.2) is 68.5 Å². The predicted octanol–water partition coefficient (Wildman–Crippen LogP) is 3.49. The molecule has 4 heterocycles. The Labute approximate surface area is 214 Å². The first-order valence-electron chi connectivity index (χ1n) is 11.7. The number of hydrogen-bond donors (Lipinski definition) is 1. The van der Waals surface area contributed by atoms with E-state index in [-0.39, 0.29) is 5.91 Å². The molecule has 0 bridgehead atoms. The van der Waals surface area contributed by atoms with E-state index in [1.54, 1.807) is 35.1 Å². The Bertz CT molecular complexity index is 1480. The monoisotopic (exact) mass is 499 g/mol. The first kappa shape index (κ1) is 23.9. The third kappa shape index (κ3) is 5.55. The Morgan fingerprint density at radius 3 is 2.69 bits per heavy atom. The van der Waals surface area contributed by atoms with Crippen molar-refractivity contribution < 1.29 is 4.79 Å². The van der Waals surface area contributed by atoms with Gasteiger partial charge < -0.3 is 10.2 Å². The molecule has 0 saturated carbocycles. The predicted molar refractivity (Wildman–Crippen MR) is 140 cm³/mol. The second kappa shape index (κ2) is 10.5. The number of imidazole rings is 1. The summed E-state index contributed by atoms with van der Waals surface area (Å²) in [7, 11) is 2.16. The number of amides is 1. The minimum absolute atomic E-state index is 0.236. The molecule has 1 saturated heterocycles. The molecule has 3 aromatic heterocycles. The number of halogens is 1. The Morgan fingerprint density at radius 2 is 1.89 bits per heavy atom. The number of fused-ring (bicyclic) bond motifs is 1. The van der Waals surface area contributed by atoms with Crippen molar-refractivity contribution in [2.75, 3.05) is 38.5 Å². The number of rotatable bonds is 4. The molecule has 0 aliphatic carbocycles. The van der Waals surface area contributed by atoms with Crippen molar-refractivity contribution in [2.24, 2.45) is 0 Å². The smallest absolute Gasteiger partial charge is 0.257 e. The molecule has 1 N–H and O–H groups in total. The third-order valence-corrected chi connectivity index (χ3v) is 6.46. The number of carbonyl (C=O) groups excluding carboxylic acids is 1. The number of nitrogens with one attached hydrogen (secondary N) is 1. The zero-order chi connectivity index (χ0) is 25.1. The molecule has 182 valence electrons. The van der Waals surface area contributed by atoms with Gasteiger partial charge in [0.05, 0.1) is 11.8 Å². The first-order valence-corrected chi connectivity index (χ1v) is 12.1. The molecule has 0 unspecified atom stereocenters. The van der Waals surface area contributed by atoms with Gasteiger partial charge in [-0.1, -0.05) is 23.6 Å². The van der Waals surface area contributed by atoms with Crippen molar-refractivity contribution in [1.82, 2.24) is 29.4 Å². The van der Waals surface area contributed by atoms with E-state index in [4.69, 9.17) is 11.6 Å². The molecule has 1 aromatic carbocycles. The van der Waals surface area contributed by atoms with E-state index in [9.17, 15) is 4.79 Å². The van der Waals surface area contributed by atoms with E-state index in [0.717, 1.165) is 44.0 Å². The number of carbonyl (C=O) groups is 1. The molecule has 0 radical (unpaired) electrons. The lowest BCUT2D eigenvalue weighted by molar-refractivity contribution is 0.102. The number of hydrogen-bond acceptors (Lipinski definition) is 6. The van der Waals surface area contributed by atoms with Crippen LogP contribution in [-0.2, 0) is 6.54 Å². The number of likely N-dealkylation sites (N-methyl/N-ethyl adjacent to an activating group) is 1. The number of benzene rings is 1. The van der Waals surface area contributed by atoms with Gasteiger partial charge in [0.15, 0.2) is 5.65 Å². The second-order valence-electron chi connectivity index (χ2n) is 8.96. The van der Waals surface area contributed by atoms with Crippen LogP contribution in [0.5, 0.6) is 0 Å². The lowest BCUT2D eigenvalue weighted by Gasteiger charge is -2.32. The van der Waals surface area contributed by atoms with Crippen LogP contribution in [0.4, 0.5) is 5.69 Å². The minimum Gasteiger partial charge on any atom is -0.322 e. The topological polar surface area (TPSA) is 78.7 Å². The van der Waals surface area contributed by atoms with Crippen LogP contribution in [0.15, 0.2) is 55.0 Å². The standard InChI is InChI=1S/C27H26ClN7O/c1-19-13-23(5-4-21(19)18-34-11-9-33(2)10-12-34)31-27(36)22-14-20(15-29-16-22)3-6-24-17-30-26-8-7-25(28)32-35(24)26/h4-5,7-8,13-17H,9-12,18H2,1-2H3,(H,31,36). The number of aryl methyl sites for hydroxylation is 1. The normalized spacial score (nSPS) is 14.4. The fraction of sp³-hybridized carbons (Fsp3) is 0.259. The SMILES string of the molecule is Cc1cc(NC(=O)c2cncc(C#Cc3cnc4ccc(Cl)nn34)c2)ccc1CN1CCN(C)CC1. The highest BCUT2D eigenvalue weighted by Crippen LogP contribution is 2.19. The van der Waals surface area contributed by atoms with E-state index in [1.807, 2.05) is 12.1 Å². The molecule has 9 heteroatoms. The summed E-state index contributed by atoms with van der Waals surface area (Å²) in [6, 6.07) is 11.2. The molecule has 5 rings (SSSR count). The highest BCUT2D eigenvalue weighted by molar-refractivity contribution is 6.29. The summed E-state index contributed by atoms with van der Waals surface area (Å²) in [5, 5.41) is 7.55. The molecule has 1 aliphatic rings. The quantitative estimate of drug-likeness (QED) is 0.433. The summed E-state index contributed by atoms with van der Waals surface area (Å²) < 4.78 is 1.58. The van der Waals surface area contributed by atoms with Gasteiger partial charge in [-0.3, -0.25) is 14.7 Å². The van der Waals surface area contributed by atoms with E-state index >= 15 is 0 Å². The molecule has 1 amide bonds. The van der Waals surface area contributed by atoms with Gasteiger partial charge in [-0.25, -0.2) is 9.50 Å². The van der Waals surface area contributed by atoms with Gasteiger partial charge in [-0.2, -0.15) is 5.10 Å². The number of anilines is 1. The van der Waals surface area contributed by atoms with Crippen LogP contribution in [0.3, 0.4) is 0 Å². The van der Waals surface area contributed by atoms with Crippen LogP contribution in [0.1, 0.15) is 32.7 Å². The average Bonchev–Trinajstić information content (AvgIpc) is 3.28. The maximum Gasteiger partial charge on any atom is 0.257 e. The van der Waals surface area contributed by atoms with Gasteiger partial charge in [0.2, 0.25) is 0 Å². The molecule has 8 nitrogen and oxygen atoms in total. The Balaban J connectivity index is 1.26. The van der Waals surface area contributed by atoms with Crippen molar-refractivity contribution in [1.29, 1.82) is 0 Å². The highest BCUT2D eigenvalue weighted by atomic mass is 35.5. The molecular weight excluding hydrogens is 474 g/mol. The molecule has 1 aliphatic heterocycles. The Hall–Kier alpha value is -3.77. The molecule has 0 atom stereocenters. The fourth-order valence-electron chi connectivity index (χ4n) is 4.11. The van der Waals surface area contributed by atoms with Gasteiger partial charge >= 0.3 is 0 Å². The Morgan fingerprint density at radius 1 is 1.06 bits per heavy atom. The van der Waals surface area contributed by atoms with Crippen LogP contribution in [0.2, 0.25) is 5.15 Å². The van der Waals surface area contributed by atoms with Gasteiger partial charge in [-0.15, -0.1) is 0 Å². The van der Waals surface area contributed by atoms with Crippen molar-refractivity contribution in [2.45, 2.75) is 13.5 Å². The molecule has 36 heavy (non-hydrogen) atoms. The molecule has 1 fully saturated rings. The first-order chi connectivity index (χ1) is 17.4. The van der Waals surface area contributed by atoms with E-state index in [1.165, 1.54) is 11.8 Å². The number of pyridine rings is 1. The fourth-order valence-corrected chi connectivity index (χ4v) is 4.24. The summed E-state index contributed by atoms with van der Waals surface area (Å²) in [6.07, 6.45) is 4.78. The maximum atomic E-state index is 12.9. The summed E-state index contributed by atoms with van der Waals surface area (Å²) in [4.78, 5) is 26.2. The van der Waals surface area contributed by atoms with Crippen LogP contribution in [0.25, 0.3) is 5.65 Å². The summed E-state index contributed by atoms with van der Waals surface area (Å²) in [5.41, 5.74) is 5.48. The summed E-state index contributed by atoms with van der Waals surface area (Å²) in [5.74, 6) is 5.82. The van der Waals surface area contributed by atoms with Crippen LogP contribution in [0, 0.1) is 18.8 Å². The second-order valence-corrected chi connectivity index (χ2v) is 9.34. The van der Waals surface area contributed by atoms with Crippen molar-refractivity contribution >= 4 is 28.8 Å². The van der Waals surface area contributed by atoms with E-state index in [0.29, 0.717) is 27.6 Å². The molecular formula is C27H26ClN7O. The number of piperazine rings is 1. The number of aromatic nitrogens is 4. The molecule has 0 spiro atoms. The Kier molecular flexibility index (Phi) is 6.96. The lowest BCUT2D eigenvalue weighted by atomic mass is 10.1. The van der Waals surface area contributed by atoms with Crippen molar-refractivity contribution in [3.63, 3.8) is 0 Å². The van der Waals surface area contributed by atoms with Gasteiger partial charge in [0.25, 0.3) is 5.91 Å². The van der Waals surface area contributed by atoms with E-state index < -0.39 is 0 Å². The van der Waals surface area contributed by atoms with Crippen LogP contribution >= 0.6 is 11.6 Å². The van der Waals surface area contributed by atoms with Gasteiger partial charge in [0, 0.05) is 56.4 Å². The minimum atomic E-state index is -0.236. The number of nitrogens with zero attached hydrogens (tertiary/aromatic N) is 6. The summed E-state index contributed by atoms with van der Waals surface area (Å²) in [6.45, 7) is 7.34. The largest absolute Gasteiger partial charge is 0.322 e. The van der Waals surface area contributed by atoms with Gasteiger partial charge in [0.1, 0.15) is 10.8 Å². The third-order valence-electron chi connectivity index (χ3n) is 6.26.